The number of aryl methyl sites for hydroxylation is 1. The van der Waals surface area contributed by atoms with Crippen molar-refractivity contribution in [2.75, 3.05) is 0 Å². The van der Waals surface area contributed by atoms with Crippen LogP contribution in [0.1, 0.15) is 32.3 Å². The molecule has 0 amide bonds. The third kappa shape index (κ3) is 5.39. The highest BCUT2D eigenvalue weighted by atomic mass is 19.4. The van der Waals surface area contributed by atoms with Gasteiger partial charge in [0.05, 0.1) is 0 Å². The van der Waals surface area contributed by atoms with Crippen LogP contribution in [-0.4, -0.2) is 6.18 Å². The molecule has 0 saturated carbocycles. The Bertz CT molecular complexity index is 374. The predicted molar refractivity (Wildman–Crippen MR) is 68.4 cm³/mol. The standard InChI is InChI=1S/C15H19F3/c1-12(2)8-10-14(15(16,17)18)11-9-13-6-4-3-5-7-13/h3-7,10,12H,8-9,11H2,1-2H3. The lowest BCUT2D eigenvalue weighted by atomic mass is 10.0. The van der Waals surface area contributed by atoms with E-state index in [0.29, 0.717) is 12.8 Å². The van der Waals surface area contributed by atoms with E-state index >= 15 is 0 Å². The third-order valence-electron chi connectivity index (χ3n) is 2.73. The first-order valence-corrected chi connectivity index (χ1v) is 6.19. The van der Waals surface area contributed by atoms with E-state index in [1.54, 1.807) is 0 Å². The van der Waals surface area contributed by atoms with E-state index in [1.807, 2.05) is 44.2 Å². The number of allylic oxidation sites excluding steroid dienone is 2. The molecule has 0 bridgehead atoms. The SMILES string of the molecule is CC(C)CC=C(CCc1ccccc1)C(F)(F)F. The number of hydrogen-bond acceptors (Lipinski definition) is 0. The second kappa shape index (κ2) is 6.62. The van der Waals surface area contributed by atoms with Crippen LogP contribution in [0.3, 0.4) is 0 Å². The van der Waals surface area contributed by atoms with E-state index in [1.165, 1.54) is 6.08 Å². The molecule has 0 aliphatic rings. The number of alkyl halides is 3. The summed E-state index contributed by atoms with van der Waals surface area (Å²) in [4.78, 5) is 0. The molecule has 0 heterocycles. The van der Waals surface area contributed by atoms with E-state index in [-0.39, 0.29) is 12.3 Å². The van der Waals surface area contributed by atoms with E-state index in [9.17, 15) is 13.2 Å². The smallest absolute Gasteiger partial charge is 0.166 e. The molecule has 0 aliphatic carbocycles. The fourth-order valence-corrected chi connectivity index (χ4v) is 1.66. The molecule has 0 N–H and O–H groups in total. The maximum atomic E-state index is 12.8. The maximum Gasteiger partial charge on any atom is 0.412 e. The van der Waals surface area contributed by atoms with Crippen LogP contribution in [0.4, 0.5) is 13.2 Å². The summed E-state index contributed by atoms with van der Waals surface area (Å²) in [6.45, 7) is 3.84. The van der Waals surface area contributed by atoms with Crippen molar-refractivity contribution in [2.45, 2.75) is 39.3 Å². The fraction of sp³-hybridized carbons (Fsp3) is 0.467. The Kier molecular flexibility index (Phi) is 5.45. The first kappa shape index (κ1) is 14.8. The van der Waals surface area contributed by atoms with Crippen molar-refractivity contribution in [1.29, 1.82) is 0 Å². The molecule has 1 aromatic carbocycles. The Morgan fingerprint density at radius 1 is 1.17 bits per heavy atom. The van der Waals surface area contributed by atoms with Gasteiger partial charge in [0.1, 0.15) is 0 Å². The third-order valence-corrected chi connectivity index (χ3v) is 2.73. The monoisotopic (exact) mass is 256 g/mol. The van der Waals surface area contributed by atoms with Crippen LogP contribution in [-0.2, 0) is 6.42 Å². The molecular formula is C15H19F3. The van der Waals surface area contributed by atoms with Gasteiger partial charge < -0.3 is 0 Å². The molecule has 1 rings (SSSR count). The molecular weight excluding hydrogens is 237 g/mol. The van der Waals surface area contributed by atoms with Crippen molar-refractivity contribution in [3.63, 3.8) is 0 Å². The largest absolute Gasteiger partial charge is 0.412 e. The van der Waals surface area contributed by atoms with Gasteiger partial charge >= 0.3 is 6.18 Å². The van der Waals surface area contributed by atoms with Gasteiger partial charge in [-0.25, -0.2) is 0 Å². The van der Waals surface area contributed by atoms with Gasteiger partial charge in [-0.2, -0.15) is 13.2 Å². The molecule has 0 aromatic heterocycles. The van der Waals surface area contributed by atoms with Crippen molar-refractivity contribution in [3.8, 4) is 0 Å². The average Bonchev–Trinajstić information content (AvgIpc) is 2.28. The Balaban J connectivity index is 2.65. The highest BCUT2D eigenvalue weighted by molar-refractivity contribution is 5.18. The lowest BCUT2D eigenvalue weighted by molar-refractivity contribution is -0.0942. The Hall–Kier alpha value is -1.25. The molecule has 0 atom stereocenters. The molecule has 0 spiro atoms. The van der Waals surface area contributed by atoms with Gasteiger partial charge in [-0.15, -0.1) is 0 Å². The summed E-state index contributed by atoms with van der Waals surface area (Å²) in [6.07, 6.45) is -1.90. The van der Waals surface area contributed by atoms with Crippen molar-refractivity contribution in [3.05, 3.63) is 47.5 Å². The highest BCUT2D eigenvalue weighted by Crippen LogP contribution is 2.30. The zero-order valence-electron chi connectivity index (χ0n) is 10.8. The Labute approximate surface area is 107 Å². The van der Waals surface area contributed by atoms with Gasteiger partial charge in [-0.3, -0.25) is 0 Å². The lowest BCUT2D eigenvalue weighted by Gasteiger charge is -2.12. The van der Waals surface area contributed by atoms with Crippen molar-refractivity contribution in [1.82, 2.24) is 0 Å². The van der Waals surface area contributed by atoms with Crippen molar-refractivity contribution in [2.24, 2.45) is 5.92 Å². The fourth-order valence-electron chi connectivity index (χ4n) is 1.66. The molecule has 0 fully saturated rings. The van der Waals surface area contributed by atoms with Crippen LogP contribution in [0.2, 0.25) is 0 Å². The van der Waals surface area contributed by atoms with Gasteiger partial charge in [-0.05, 0) is 30.7 Å². The quantitative estimate of drug-likeness (QED) is 0.639. The van der Waals surface area contributed by atoms with Crippen LogP contribution in [0.25, 0.3) is 0 Å². The van der Waals surface area contributed by atoms with Crippen LogP contribution in [0, 0.1) is 5.92 Å². The predicted octanol–water partition coefficient (Wildman–Crippen LogP) is 5.15. The number of benzene rings is 1. The normalized spacial score (nSPS) is 13.1. The number of halogens is 3. The first-order chi connectivity index (χ1) is 8.39. The van der Waals surface area contributed by atoms with Crippen LogP contribution in [0.15, 0.2) is 42.0 Å². The zero-order valence-corrected chi connectivity index (χ0v) is 10.8. The molecule has 1 aromatic rings. The second-order valence-corrected chi connectivity index (χ2v) is 4.84. The summed E-state index contributed by atoms with van der Waals surface area (Å²) in [5.74, 6) is 0.249. The van der Waals surface area contributed by atoms with E-state index in [2.05, 4.69) is 0 Å². The second-order valence-electron chi connectivity index (χ2n) is 4.84. The average molecular weight is 256 g/mol. The Morgan fingerprint density at radius 3 is 2.28 bits per heavy atom. The van der Waals surface area contributed by atoms with Crippen molar-refractivity contribution < 1.29 is 13.2 Å². The lowest BCUT2D eigenvalue weighted by Crippen LogP contribution is -2.13. The summed E-state index contributed by atoms with van der Waals surface area (Å²) >= 11 is 0. The van der Waals surface area contributed by atoms with Gasteiger partial charge in [0.2, 0.25) is 0 Å². The first-order valence-electron chi connectivity index (χ1n) is 6.19. The molecule has 0 radical (unpaired) electrons. The number of rotatable bonds is 5. The van der Waals surface area contributed by atoms with Crippen LogP contribution >= 0.6 is 0 Å². The molecule has 100 valence electrons. The van der Waals surface area contributed by atoms with Gasteiger partial charge in [-0.1, -0.05) is 50.3 Å². The van der Waals surface area contributed by atoms with E-state index in [4.69, 9.17) is 0 Å². The molecule has 0 saturated heterocycles. The Morgan fingerprint density at radius 2 is 1.78 bits per heavy atom. The number of hydrogen-bond donors (Lipinski definition) is 0. The summed E-state index contributed by atoms with van der Waals surface area (Å²) < 4.78 is 38.4. The minimum Gasteiger partial charge on any atom is -0.166 e. The summed E-state index contributed by atoms with van der Waals surface area (Å²) in [6, 6.07) is 9.27. The summed E-state index contributed by atoms with van der Waals surface area (Å²) in [5.41, 5.74) is 0.539. The zero-order chi connectivity index (χ0) is 13.6. The minimum atomic E-state index is -4.20. The maximum absolute atomic E-state index is 12.8. The molecule has 18 heavy (non-hydrogen) atoms. The van der Waals surface area contributed by atoms with E-state index in [0.717, 1.165) is 5.56 Å². The minimum absolute atomic E-state index is 0.0558. The summed E-state index contributed by atoms with van der Waals surface area (Å²) in [7, 11) is 0. The van der Waals surface area contributed by atoms with Gasteiger partial charge in [0.25, 0.3) is 0 Å². The van der Waals surface area contributed by atoms with Gasteiger partial charge in [0.15, 0.2) is 0 Å². The van der Waals surface area contributed by atoms with E-state index < -0.39 is 11.7 Å². The van der Waals surface area contributed by atoms with Crippen molar-refractivity contribution >= 4 is 0 Å². The van der Waals surface area contributed by atoms with Crippen LogP contribution in [0.5, 0.6) is 0 Å². The topological polar surface area (TPSA) is 0 Å². The van der Waals surface area contributed by atoms with Gasteiger partial charge in [0, 0.05) is 5.57 Å². The molecule has 0 nitrogen and oxygen atoms in total. The highest BCUT2D eigenvalue weighted by Gasteiger charge is 2.32. The summed E-state index contributed by atoms with van der Waals surface area (Å²) in [5, 5.41) is 0. The molecule has 3 heteroatoms. The molecule has 0 unspecified atom stereocenters. The van der Waals surface area contributed by atoms with Crippen LogP contribution < -0.4 is 0 Å². The molecule has 0 aliphatic heterocycles.